The summed E-state index contributed by atoms with van der Waals surface area (Å²) in [5, 5.41) is 8.89. The Morgan fingerprint density at radius 2 is 2.07 bits per heavy atom. The van der Waals surface area contributed by atoms with E-state index in [2.05, 4.69) is 10.3 Å². The van der Waals surface area contributed by atoms with Gasteiger partial charge < -0.3 is 0 Å². The highest BCUT2D eigenvalue weighted by molar-refractivity contribution is 8.15. The minimum absolute atomic E-state index is 0.201. The third-order valence-electron chi connectivity index (χ3n) is 1.83. The first-order valence-electron chi connectivity index (χ1n) is 4.26. The minimum atomic E-state index is -3.84. The molecule has 0 saturated carbocycles. The Kier molecular flexibility index (Phi) is 3.51. The van der Waals surface area contributed by atoms with Gasteiger partial charge in [0.1, 0.15) is 0 Å². The molecule has 0 saturated heterocycles. The van der Waals surface area contributed by atoms with Gasteiger partial charge in [0.15, 0.2) is 0 Å². The molecule has 0 bridgehead atoms. The number of halogens is 1. The predicted molar refractivity (Wildman–Crippen MR) is 58.9 cm³/mol. The SMILES string of the molecule is CN(C)N=NC1(S(=O)(=O)Cl)C=CC=CC1. The van der Waals surface area contributed by atoms with Crippen LogP contribution < -0.4 is 0 Å². The van der Waals surface area contributed by atoms with Crippen molar-refractivity contribution in [3.8, 4) is 0 Å². The van der Waals surface area contributed by atoms with E-state index in [0.717, 1.165) is 0 Å². The Morgan fingerprint density at radius 3 is 2.47 bits per heavy atom. The normalized spacial score (nSPS) is 26.1. The number of hydrogen-bond acceptors (Lipinski definition) is 4. The van der Waals surface area contributed by atoms with Gasteiger partial charge in [-0.05, 0) is 6.08 Å². The van der Waals surface area contributed by atoms with Crippen molar-refractivity contribution >= 4 is 19.7 Å². The van der Waals surface area contributed by atoms with Crippen molar-refractivity contribution in [3.05, 3.63) is 24.3 Å². The molecule has 7 heteroatoms. The van der Waals surface area contributed by atoms with Crippen LogP contribution in [0, 0.1) is 0 Å². The minimum Gasteiger partial charge on any atom is -0.285 e. The monoisotopic (exact) mass is 249 g/mol. The average molecular weight is 250 g/mol. The van der Waals surface area contributed by atoms with Gasteiger partial charge in [0.05, 0.1) is 0 Å². The third-order valence-corrected chi connectivity index (χ3v) is 3.86. The molecule has 0 amide bonds. The Labute approximate surface area is 93.5 Å². The van der Waals surface area contributed by atoms with E-state index in [9.17, 15) is 8.42 Å². The van der Waals surface area contributed by atoms with E-state index in [0.29, 0.717) is 0 Å². The van der Waals surface area contributed by atoms with Crippen LogP contribution in [0.15, 0.2) is 34.6 Å². The van der Waals surface area contributed by atoms with E-state index >= 15 is 0 Å². The van der Waals surface area contributed by atoms with Crippen LogP contribution in [-0.4, -0.2) is 32.4 Å². The Balaban J connectivity index is 3.10. The van der Waals surface area contributed by atoms with Gasteiger partial charge in [0, 0.05) is 31.2 Å². The molecule has 0 fully saturated rings. The predicted octanol–water partition coefficient (Wildman–Crippen LogP) is 1.70. The lowest BCUT2D eigenvalue weighted by atomic mass is 10.1. The van der Waals surface area contributed by atoms with Crippen molar-refractivity contribution in [2.24, 2.45) is 10.3 Å². The van der Waals surface area contributed by atoms with E-state index < -0.39 is 13.9 Å². The molecule has 1 aliphatic rings. The van der Waals surface area contributed by atoms with E-state index in [4.69, 9.17) is 10.7 Å². The molecule has 0 aromatic carbocycles. The van der Waals surface area contributed by atoms with Crippen LogP contribution >= 0.6 is 10.7 Å². The van der Waals surface area contributed by atoms with E-state index in [-0.39, 0.29) is 6.42 Å². The first kappa shape index (κ1) is 12.2. The molecule has 0 heterocycles. The molecule has 1 atom stereocenters. The molecule has 1 unspecified atom stereocenters. The number of allylic oxidation sites excluding steroid dienone is 2. The quantitative estimate of drug-likeness (QED) is 0.434. The maximum Gasteiger partial charge on any atom is 0.264 e. The summed E-state index contributed by atoms with van der Waals surface area (Å²) in [4.78, 5) is -1.46. The van der Waals surface area contributed by atoms with Crippen LogP contribution in [0.2, 0.25) is 0 Å². The summed E-state index contributed by atoms with van der Waals surface area (Å²) >= 11 is 0. The van der Waals surface area contributed by atoms with Gasteiger partial charge in [0.2, 0.25) is 4.87 Å². The van der Waals surface area contributed by atoms with Crippen molar-refractivity contribution < 1.29 is 8.42 Å². The van der Waals surface area contributed by atoms with Gasteiger partial charge in [-0.3, -0.25) is 5.01 Å². The summed E-state index contributed by atoms with van der Waals surface area (Å²) in [5.74, 6) is 0. The molecule has 1 rings (SSSR count). The lowest BCUT2D eigenvalue weighted by Gasteiger charge is -2.21. The van der Waals surface area contributed by atoms with Crippen molar-refractivity contribution in [3.63, 3.8) is 0 Å². The largest absolute Gasteiger partial charge is 0.285 e. The molecule has 0 aromatic rings. The van der Waals surface area contributed by atoms with Gasteiger partial charge >= 0.3 is 0 Å². The second kappa shape index (κ2) is 4.32. The molecule has 0 spiro atoms. The third kappa shape index (κ3) is 2.79. The van der Waals surface area contributed by atoms with Crippen molar-refractivity contribution in [1.82, 2.24) is 5.01 Å². The van der Waals surface area contributed by atoms with Gasteiger partial charge in [-0.25, -0.2) is 8.42 Å². The highest BCUT2D eigenvalue weighted by atomic mass is 35.7. The van der Waals surface area contributed by atoms with Gasteiger partial charge in [-0.2, -0.15) is 0 Å². The Bertz CT molecular complexity index is 414. The summed E-state index contributed by atoms with van der Waals surface area (Å²) in [6, 6.07) is 0. The standard InChI is InChI=1S/C8H12ClN3O2S/c1-12(2)11-10-8(15(9,13)14)6-4-3-5-7-8/h3-6H,7H2,1-2H3. The van der Waals surface area contributed by atoms with Crippen LogP contribution in [0.25, 0.3) is 0 Å². The van der Waals surface area contributed by atoms with Crippen LogP contribution in [0.5, 0.6) is 0 Å². The van der Waals surface area contributed by atoms with Crippen LogP contribution in [0.3, 0.4) is 0 Å². The first-order valence-corrected chi connectivity index (χ1v) is 6.57. The van der Waals surface area contributed by atoms with Crippen molar-refractivity contribution in [1.29, 1.82) is 0 Å². The molecule has 0 aliphatic heterocycles. The second-order valence-electron chi connectivity index (χ2n) is 3.31. The molecular formula is C8H12ClN3O2S. The topological polar surface area (TPSA) is 62.1 Å². The van der Waals surface area contributed by atoms with Crippen molar-refractivity contribution in [2.45, 2.75) is 11.3 Å². The molecule has 84 valence electrons. The van der Waals surface area contributed by atoms with E-state index in [1.165, 1.54) is 11.1 Å². The zero-order valence-corrected chi connectivity index (χ0v) is 10.0. The van der Waals surface area contributed by atoms with Crippen LogP contribution in [-0.2, 0) is 9.05 Å². The Hall–Kier alpha value is -0.880. The zero-order chi connectivity index (χ0) is 11.5. The molecular weight excluding hydrogens is 238 g/mol. The molecule has 5 nitrogen and oxygen atoms in total. The summed E-state index contributed by atoms with van der Waals surface area (Å²) in [6.45, 7) is 0. The second-order valence-corrected chi connectivity index (χ2v) is 6.11. The van der Waals surface area contributed by atoms with Gasteiger partial charge in [0.25, 0.3) is 9.05 Å². The van der Waals surface area contributed by atoms with E-state index in [1.807, 2.05) is 0 Å². The van der Waals surface area contributed by atoms with Gasteiger partial charge in [-0.1, -0.05) is 23.5 Å². The lowest BCUT2D eigenvalue weighted by molar-refractivity contribution is 0.384. The maximum atomic E-state index is 11.4. The molecule has 0 N–H and O–H groups in total. The number of hydrogen-bond donors (Lipinski definition) is 0. The smallest absolute Gasteiger partial charge is 0.264 e. The summed E-state index contributed by atoms with van der Waals surface area (Å²) < 4.78 is 22.9. The van der Waals surface area contributed by atoms with Crippen molar-refractivity contribution in [2.75, 3.05) is 14.1 Å². The molecule has 0 aromatic heterocycles. The molecule has 0 radical (unpaired) electrons. The number of nitrogens with zero attached hydrogens (tertiary/aromatic N) is 3. The fourth-order valence-corrected chi connectivity index (χ4v) is 2.16. The highest BCUT2D eigenvalue weighted by Gasteiger charge is 2.41. The lowest BCUT2D eigenvalue weighted by Crippen LogP contribution is -2.31. The zero-order valence-electron chi connectivity index (χ0n) is 8.46. The van der Waals surface area contributed by atoms with Crippen LogP contribution in [0.4, 0.5) is 0 Å². The average Bonchev–Trinajstić information content (AvgIpc) is 2.14. The summed E-state index contributed by atoms with van der Waals surface area (Å²) in [6.07, 6.45) is 6.66. The van der Waals surface area contributed by atoms with Crippen LogP contribution in [0.1, 0.15) is 6.42 Å². The first-order chi connectivity index (χ1) is 6.87. The number of rotatable bonds is 3. The fourth-order valence-electron chi connectivity index (χ4n) is 1.06. The summed E-state index contributed by atoms with van der Waals surface area (Å²) in [7, 11) is 4.84. The summed E-state index contributed by atoms with van der Waals surface area (Å²) in [5.41, 5.74) is 0. The molecule has 1 aliphatic carbocycles. The Morgan fingerprint density at radius 1 is 1.40 bits per heavy atom. The van der Waals surface area contributed by atoms with Gasteiger partial charge in [-0.15, -0.1) is 5.11 Å². The van der Waals surface area contributed by atoms with E-state index in [1.54, 1.807) is 32.3 Å². The maximum absolute atomic E-state index is 11.4. The highest BCUT2D eigenvalue weighted by Crippen LogP contribution is 2.32. The fraction of sp³-hybridized carbons (Fsp3) is 0.500. The molecule has 15 heavy (non-hydrogen) atoms.